The quantitative estimate of drug-likeness (QED) is 0.416. The van der Waals surface area contributed by atoms with E-state index < -0.39 is 0 Å². The Balaban J connectivity index is 3.71. The summed E-state index contributed by atoms with van der Waals surface area (Å²) in [6.45, 7) is 11.9. The zero-order valence-electron chi connectivity index (χ0n) is 13.7. The van der Waals surface area contributed by atoms with E-state index in [1.807, 2.05) is 0 Å². The van der Waals surface area contributed by atoms with Crippen molar-refractivity contribution in [1.82, 2.24) is 4.90 Å². The zero-order valence-corrected chi connectivity index (χ0v) is 13.7. The first kappa shape index (κ1) is 18.0. The maximum Gasteiger partial charge on any atom is -0.00219 e. The lowest BCUT2D eigenvalue weighted by Crippen LogP contribution is -2.20. The molecule has 1 heteroatoms. The molecule has 18 heavy (non-hydrogen) atoms. The fraction of sp³-hybridized carbons (Fsp3) is 1.00. The Morgan fingerprint density at radius 3 is 1.94 bits per heavy atom. The van der Waals surface area contributed by atoms with Gasteiger partial charge in [-0.1, -0.05) is 66.2 Å². The van der Waals surface area contributed by atoms with Crippen LogP contribution < -0.4 is 0 Å². The van der Waals surface area contributed by atoms with Crippen molar-refractivity contribution in [3.05, 3.63) is 0 Å². The average molecular weight is 255 g/mol. The Morgan fingerprint density at radius 1 is 0.833 bits per heavy atom. The van der Waals surface area contributed by atoms with Gasteiger partial charge >= 0.3 is 0 Å². The molecule has 0 amide bonds. The minimum absolute atomic E-state index is 0.610. The van der Waals surface area contributed by atoms with E-state index in [1.54, 1.807) is 0 Å². The summed E-state index contributed by atoms with van der Waals surface area (Å²) < 4.78 is 0. The zero-order chi connectivity index (χ0) is 13.9. The van der Waals surface area contributed by atoms with Gasteiger partial charge in [-0.25, -0.2) is 0 Å². The Labute approximate surface area is 116 Å². The van der Waals surface area contributed by atoms with E-state index in [0.29, 0.717) is 5.41 Å². The van der Waals surface area contributed by atoms with Crippen molar-refractivity contribution in [2.75, 3.05) is 20.1 Å². The highest BCUT2D eigenvalue weighted by Crippen LogP contribution is 2.34. The summed E-state index contributed by atoms with van der Waals surface area (Å²) in [5, 5.41) is 0. The van der Waals surface area contributed by atoms with Crippen molar-refractivity contribution < 1.29 is 0 Å². The number of unbranched alkanes of at least 4 members (excludes halogenated alkanes) is 4. The smallest absolute Gasteiger partial charge is 0.00219 e. The van der Waals surface area contributed by atoms with Crippen LogP contribution in [0.2, 0.25) is 0 Å². The topological polar surface area (TPSA) is 3.24 Å². The maximum absolute atomic E-state index is 2.50. The van der Waals surface area contributed by atoms with Gasteiger partial charge in [0.2, 0.25) is 0 Å². The lowest BCUT2D eigenvalue weighted by Gasteiger charge is -2.28. The molecule has 0 aliphatic rings. The van der Waals surface area contributed by atoms with Gasteiger partial charge in [-0.2, -0.15) is 0 Å². The molecule has 0 aromatic carbocycles. The average Bonchev–Trinajstić information content (AvgIpc) is 2.39. The third-order valence-electron chi connectivity index (χ3n) is 4.60. The summed E-state index contributed by atoms with van der Waals surface area (Å²) >= 11 is 0. The summed E-state index contributed by atoms with van der Waals surface area (Å²) in [4.78, 5) is 2.42. The molecule has 0 saturated heterocycles. The van der Waals surface area contributed by atoms with Crippen LogP contribution in [-0.4, -0.2) is 25.0 Å². The van der Waals surface area contributed by atoms with E-state index in [-0.39, 0.29) is 0 Å². The first-order valence-electron chi connectivity index (χ1n) is 8.26. The summed E-state index contributed by atoms with van der Waals surface area (Å²) in [6, 6.07) is 0. The molecule has 0 aromatic rings. The molecule has 0 N–H and O–H groups in total. The molecular formula is C17H37N. The van der Waals surface area contributed by atoms with Crippen LogP contribution in [-0.2, 0) is 0 Å². The molecule has 0 fully saturated rings. The minimum Gasteiger partial charge on any atom is -0.307 e. The number of hydrogen-bond donors (Lipinski definition) is 0. The second kappa shape index (κ2) is 10.8. The molecule has 0 rings (SSSR count). The van der Waals surface area contributed by atoms with Gasteiger partial charge in [0.05, 0.1) is 0 Å². The van der Waals surface area contributed by atoms with Crippen molar-refractivity contribution in [1.29, 1.82) is 0 Å². The van der Waals surface area contributed by atoms with Crippen molar-refractivity contribution in [3.63, 3.8) is 0 Å². The second-order valence-corrected chi connectivity index (χ2v) is 6.33. The van der Waals surface area contributed by atoms with Gasteiger partial charge in [0.25, 0.3) is 0 Å². The van der Waals surface area contributed by atoms with Gasteiger partial charge in [0, 0.05) is 0 Å². The highest BCUT2D eigenvalue weighted by atomic mass is 15.1. The van der Waals surface area contributed by atoms with Crippen LogP contribution in [0.4, 0.5) is 0 Å². The first-order valence-corrected chi connectivity index (χ1v) is 8.26. The second-order valence-electron chi connectivity index (χ2n) is 6.33. The number of rotatable bonds is 12. The molecule has 0 radical (unpaired) electrons. The summed E-state index contributed by atoms with van der Waals surface area (Å²) in [5.74, 6) is 0. The summed E-state index contributed by atoms with van der Waals surface area (Å²) in [6.07, 6.45) is 12.6. The Hall–Kier alpha value is -0.0400. The molecule has 0 aromatic heterocycles. The van der Waals surface area contributed by atoms with Crippen LogP contribution in [0.1, 0.15) is 85.5 Å². The summed E-state index contributed by atoms with van der Waals surface area (Å²) in [5.41, 5.74) is 0.610. The van der Waals surface area contributed by atoms with Gasteiger partial charge in [-0.05, 0) is 44.8 Å². The first-order chi connectivity index (χ1) is 8.58. The molecule has 0 aliphatic carbocycles. The van der Waals surface area contributed by atoms with Gasteiger partial charge in [0.15, 0.2) is 0 Å². The van der Waals surface area contributed by atoms with E-state index in [1.165, 1.54) is 70.9 Å². The largest absolute Gasteiger partial charge is 0.307 e. The van der Waals surface area contributed by atoms with Crippen molar-refractivity contribution in [2.45, 2.75) is 85.5 Å². The van der Waals surface area contributed by atoms with Gasteiger partial charge in [0.1, 0.15) is 0 Å². The van der Waals surface area contributed by atoms with Crippen molar-refractivity contribution in [3.8, 4) is 0 Å². The van der Waals surface area contributed by atoms with Crippen LogP contribution in [0.25, 0.3) is 0 Å². The lowest BCUT2D eigenvalue weighted by molar-refractivity contribution is 0.235. The third kappa shape index (κ3) is 8.97. The summed E-state index contributed by atoms with van der Waals surface area (Å²) in [7, 11) is 2.23. The van der Waals surface area contributed by atoms with Crippen molar-refractivity contribution >= 4 is 0 Å². The molecule has 1 nitrogen and oxygen atoms in total. The molecule has 0 heterocycles. The Bertz CT molecular complexity index is 178. The normalized spacial score (nSPS) is 15.0. The van der Waals surface area contributed by atoms with Crippen LogP contribution in [0.3, 0.4) is 0 Å². The predicted molar refractivity (Wildman–Crippen MR) is 84.2 cm³/mol. The lowest BCUT2D eigenvalue weighted by atomic mass is 9.78. The fourth-order valence-corrected chi connectivity index (χ4v) is 2.55. The monoisotopic (exact) mass is 255 g/mol. The van der Waals surface area contributed by atoms with Gasteiger partial charge in [-0.3, -0.25) is 0 Å². The SMILES string of the molecule is CCCCCCC(C)(CC)CCCCN(C)CC. The number of hydrogen-bond acceptors (Lipinski definition) is 1. The van der Waals surface area contributed by atoms with E-state index in [2.05, 4.69) is 39.6 Å². The van der Waals surface area contributed by atoms with E-state index >= 15 is 0 Å². The molecule has 0 bridgehead atoms. The maximum atomic E-state index is 2.50. The van der Waals surface area contributed by atoms with E-state index in [4.69, 9.17) is 0 Å². The molecule has 0 spiro atoms. The van der Waals surface area contributed by atoms with Crippen molar-refractivity contribution in [2.24, 2.45) is 5.41 Å². The standard InChI is InChI=1S/C17H37N/c1-6-9-10-11-14-17(4,7-2)15-12-13-16-18(5)8-3/h6-16H2,1-5H3. The van der Waals surface area contributed by atoms with Gasteiger partial charge < -0.3 is 4.90 Å². The minimum atomic E-state index is 0.610. The van der Waals surface area contributed by atoms with E-state index in [9.17, 15) is 0 Å². The molecule has 110 valence electrons. The molecule has 0 saturated carbocycles. The highest BCUT2D eigenvalue weighted by Gasteiger charge is 2.20. The van der Waals surface area contributed by atoms with Gasteiger partial charge in [-0.15, -0.1) is 0 Å². The predicted octanol–water partition coefficient (Wildman–Crippen LogP) is 5.50. The Kier molecular flexibility index (Phi) is 10.8. The fourth-order valence-electron chi connectivity index (χ4n) is 2.55. The Morgan fingerprint density at radius 2 is 1.44 bits per heavy atom. The van der Waals surface area contributed by atoms with Crippen LogP contribution in [0, 0.1) is 5.41 Å². The van der Waals surface area contributed by atoms with E-state index in [0.717, 1.165) is 0 Å². The highest BCUT2D eigenvalue weighted by molar-refractivity contribution is 4.73. The molecule has 1 unspecified atom stereocenters. The van der Waals surface area contributed by atoms with Crippen LogP contribution in [0.15, 0.2) is 0 Å². The third-order valence-corrected chi connectivity index (χ3v) is 4.60. The van der Waals surface area contributed by atoms with Crippen LogP contribution in [0.5, 0.6) is 0 Å². The molecule has 1 atom stereocenters. The molecule has 0 aliphatic heterocycles. The molecular weight excluding hydrogens is 218 g/mol. The van der Waals surface area contributed by atoms with Crippen LogP contribution >= 0.6 is 0 Å². The number of nitrogens with zero attached hydrogens (tertiary/aromatic N) is 1.